The van der Waals surface area contributed by atoms with E-state index in [1.54, 1.807) is 6.92 Å². The van der Waals surface area contributed by atoms with Crippen molar-refractivity contribution >= 4 is 0 Å². The summed E-state index contributed by atoms with van der Waals surface area (Å²) in [4.78, 5) is 0. The molecule has 15 heteroatoms. The minimum Gasteiger partial charge on any atom is -0.346 e. The second-order valence-electron chi connectivity index (χ2n) is 0. The third-order valence-electron chi connectivity index (χ3n) is 0. The topological polar surface area (TPSA) is 0 Å². The minimum atomic E-state index is 0. The van der Waals surface area contributed by atoms with Gasteiger partial charge < -0.3 is 6.92 Å². The SMILES string of the molecule is [CH2-]C.[Y].[Y].[Y].[Y].[Y].[Y].[Y].[Y].[Y].[Y].[Y].[Y].[Y].[Y].[Y]. The largest absolute Gasteiger partial charge is 0.346 e. The summed E-state index contributed by atoms with van der Waals surface area (Å²) in [6, 6.07) is 0. The maximum atomic E-state index is 3.25. The second kappa shape index (κ2) is 118. The zero-order chi connectivity index (χ0) is 2.00. The molecule has 0 aliphatic carbocycles. The van der Waals surface area contributed by atoms with Crippen LogP contribution in [0.1, 0.15) is 6.92 Å². The quantitative estimate of drug-likeness (QED) is 0.316. The van der Waals surface area contributed by atoms with Crippen LogP contribution in [0.15, 0.2) is 0 Å². The zero-order valence-electron chi connectivity index (χ0n) is 10.4. The molecule has 15 radical (unpaired) electrons. The Morgan fingerprint density at radius 3 is 0.235 bits per heavy atom. The molecule has 0 aromatic rings. The number of hydrogen-bond acceptors (Lipinski definition) is 0. The van der Waals surface area contributed by atoms with E-state index in [0.29, 0.717) is 0 Å². The second-order valence-corrected chi connectivity index (χ2v) is 0. The molecule has 0 saturated heterocycles. The van der Waals surface area contributed by atoms with Crippen LogP contribution in [0.5, 0.6) is 0 Å². The first-order valence-electron chi connectivity index (χ1n) is 0.707. The predicted molar refractivity (Wildman–Crippen MR) is 11.0 cm³/mol. The molecule has 0 unspecified atom stereocenters. The van der Waals surface area contributed by atoms with E-state index >= 15 is 0 Å². The van der Waals surface area contributed by atoms with Crippen molar-refractivity contribution in [2.75, 3.05) is 0 Å². The average molecular weight is 1360 g/mol. The molecule has 0 aliphatic heterocycles. The van der Waals surface area contributed by atoms with Crippen molar-refractivity contribution in [3.63, 3.8) is 0 Å². The van der Waals surface area contributed by atoms with E-state index in [1.165, 1.54) is 0 Å². The van der Waals surface area contributed by atoms with Crippen molar-refractivity contribution in [2.45, 2.75) is 6.92 Å². The molecular weight excluding hydrogens is 1360 g/mol. The smallest absolute Gasteiger partial charge is 0 e. The first-order valence-corrected chi connectivity index (χ1v) is 0.707. The van der Waals surface area contributed by atoms with Gasteiger partial charge in [0, 0.05) is 491 Å². The van der Waals surface area contributed by atoms with E-state index in [2.05, 4.69) is 6.92 Å². The third-order valence-corrected chi connectivity index (χ3v) is 0. The Labute approximate surface area is 486 Å². The van der Waals surface area contributed by atoms with Gasteiger partial charge in [-0.2, -0.15) is 6.92 Å². The molecule has 0 bridgehead atoms. The van der Waals surface area contributed by atoms with Crippen LogP contribution in [0.25, 0.3) is 0 Å². The molecule has 0 aliphatic rings. The molecule has 0 nitrogen and oxygen atoms in total. The van der Waals surface area contributed by atoms with Crippen LogP contribution in [-0.4, -0.2) is 0 Å². The van der Waals surface area contributed by atoms with Gasteiger partial charge in [-0.3, -0.25) is 0 Å². The molecule has 0 heterocycles. The molecule has 59 valence electrons. The Morgan fingerprint density at radius 2 is 0.235 bits per heavy atom. The summed E-state index contributed by atoms with van der Waals surface area (Å²) in [5, 5.41) is 0. The summed E-state index contributed by atoms with van der Waals surface area (Å²) in [5.41, 5.74) is 0. The van der Waals surface area contributed by atoms with Crippen molar-refractivity contribution in [3.05, 3.63) is 6.92 Å². The Morgan fingerprint density at radius 1 is 0.235 bits per heavy atom. The van der Waals surface area contributed by atoms with Gasteiger partial charge in [0.1, 0.15) is 0 Å². The van der Waals surface area contributed by atoms with E-state index in [0.717, 1.165) is 0 Å². The van der Waals surface area contributed by atoms with E-state index in [1.807, 2.05) is 0 Å². The monoisotopic (exact) mass is 1360 g/mol. The first kappa shape index (κ1) is 115. The Hall–Kier alpha value is 16.6. The predicted octanol–water partition coefficient (Wildman–Crippen LogP) is 0.803. The van der Waals surface area contributed by atoms with Gasteiger partial charge in [-0.25, -0.2) is 0 Å². The Balaban J connectivity index is -0.0000000000476. The summed E-state index contributed by atoms with van der Waals surface area (Å²) in [6.07, 6.45) is 0. The van der Waals surface area contributed by atoms with Gasteiger partial charge in [-0.15, -0.1) is 0 Å². The maximum Gasteiger partial charge on any atom is 0 e. The third kappa shape index (κ3) is 111. The fourth-order valence-corrected chi connectivity index (χ4v) is 0. The van der Waals surface area contributed by atoms with Crippen molar-refractivity contribution in [1.29, 1.82) is 0 Å². The van der Waals surface area contributed by atoms with Gasteiger partial charge in [-0.1, -0.05) is 0 Å². The van der Waals surface area contributed by atoms with Gasteiger partial charge in [0.25, 0.3) is 0 Å². The van der Waals surface area contributed by atoms with Crippen LogP contribution in [0.3, 0.4) is 0 Å². The molecule has 0 aromatic carbocycles. The number of rotatable bonds is 0. The Kier molecular flexibility index (Phi) is 803. The summed E-state index contributed by atoms with van der Waals surface area (Å²) in [6.45, 7) is 5.00. The number of hydrogen-bond donors (Lipinski definition) is 0. The summed E-state index contributed by atoms with van der Waals surface area (Å²) >= 11 is 0. The van der Waals surface area contributed by atoms with Crippen molar-refractivity contribution < 1.29 is 491 Å². The normalized spacial score (nSPS) is 0.353. The molecule has 0 rings (SSSR count). The first-order chi connectivity index (χ1) is 1.00. The van der Waals surface area contributed by atoms with Gasteiger partial charge in [0.15, 0.2) is 0 Å². The van der Waals surface area contributed by atoms with Gasteiger partial charge in [0.05, 0.1) is 0 Å². The zero-order valence-corrected chi connectivity index (χ0v) is 52.9. The molecule has 0 aromatic heterocycles. The summed E-state index contributed by atoms with van der Waals surface area (Å²) in [7, 11) is 0. The standard InChI is InChI=1S/C2H5.15Y/c1-2;;;;;;;;;;;;;;;/h1H2,2H3;;;;;;;;;;;;;;;/q-1;;;;;;;;;;;;;;;. The van der Waals surface area contributed by atoms with Crippen molar-refractivity contribution in [1.82, 2.24) is 0 Å². The summed E-state index contributed by atoms with van der Waals surface area (Å²) < 4.78 is 0. The van der Waals surface area contributed by atoms with Crippen LogP contribution in [0, 0.1) is 6.92 Å². The average Bonchev–Trinajstić information content (AvgIpc) is 1.00. The van der Waals surface area contributed by atoms with Crippen LogP contribution in [0.4, 0.5) is 0 Å². The van der Waals surface area contributed by atoms with Gasteiger partial charge >= 0.3 is 0 Å². The molecule has 0 saturated carbocycles. The van der Waals surface area contributed by atoms with E-state index < -0.39 is 0 Å². The Bertz CT molecular complexity index is 8.88. The van der Waals surface area contributed by atoms with Gasteiger partial charge in [0.2, 0.25) is 0 Å². The maximum absolute atomic E-state index is 3.25. The molecule has 0 spiro atoms. The fourth-order valence-electron chi connectivity index (χ4n) is 0. The van der Waals surface area contributed by atoms with Crippen molar-refractivity contribution in [3.8, 4) is 0 Å². The van der Waals surface area contributed by atoms with E-state index in [-0.39, 0.29) is 491 Å². The van der Waals surface area contributed by atoms with Crippen LogP contribution in [-0.2, 0) is 491 Å². The molecule has 0 N–H and O–H groups in total. The molecule has 17 heavy (non-hydrogen) atoms. The van der Waals surface area contributed by atoms with Crippen LogP contribution >= 0.6 is 0 Å². The minimum absolute atomic E-state index is 0. The van der Waals surface area contributed by atoms with E-state index in [4.69, 9.17) is 0 Å². The molecule has 0 amide bonds. The summed E-state index contributed by atoms with van der Waals surface area (Å²) in [5.74, 6) is 0. The fraction of sp³-hybridized carbons (Fsp3) is 0.500. The van der Waals surface area contributed by atoms with Crippen LogP contribution < -0.4 is 0 Å². The van der Waals surface area contributed by atoms with Gasteiger partial charge in [-0.05, 0) is 0 Å². The molecule has 0 fully saturated rings. The van der Waals surface area contributed by atoms with Crippen LogP contribution in [0.2, 0.25) is 0 Å². The molecule has 0 atom stereocenters. The van der Waals surface area contributed by atoms with E-state index in [9.17, 15) is 0 Å². The van der Waals surface area contributed by atoms with Crippen molar-refractivity contribution in [2.24, 2.45) is 0 Å². The molecular formula is C2H5Y15-.